The van der Waals surface area contributed by atoms with E-state index in [1.807, 2.05) is 0 Å². The lowest BCUT2D eigenvalue weighted by Crippen LogP contribution is -2.15. The summed E-state index contributed by atoms with van der Waals surface area (Å²) in [6.45, 7) is 0. The molecule has 0 amide bonds. The van der Waals surface area contributed by atoms with E-state index in [-0.39, 0.29) is 11.9 Å². The number of nitrogens with zero attached hydrogens (tertiary/aromatic N) is 4. The molecular formula is C7H10N4O2. The van der Waals surface area contributed by atoms with E-state index in [1.165, 1.54) is 4.68 Å². The van der Waals surface area contributed by atoms with Crippen LogP contribution < -0.4 is 0 Å². The summed E-state index contributed by atoms with van der Waals surface area (Å²) in [5.74, 6) is -1.11. The Kier molecular flexibility index (Phi) is 1.96. The molecule has 0 unspecified atom stereocenters. The lowest BCUT2D eigenvalue weighted by molar-refractivity contribution is 0.0673. The van der Waals surface area contributed by atoms with Crippen molar-refractivity contribution in [3.05, 3.63) is 5.82 Å². The zero-order valence-corrected chi connectivity index (χ0v) is 7.05. The summed E-state index contributed by atoms with van der Waals surface area (Å²) in [5, 5.41) is 19.3. The van der Waals surface area contributed by atoms with Crippen LogP contribution in [0.3, 0.4) is 0 Å². The van der Waals surface area contributed by atoms with Gasteiger partial charge in [-0.2, -0.15) is 0 Å². The number of carboxylic acids is 1. The summed E-state index contributed by atoms with van der Waals surface area (Å²) in [7, 11) is 0. The van der Waals surface area contributed by atoms with E-state index in [1.54, 1.807) is 0 Å². The smallest absolute Gasteiger partial charge is 0.375 e. The molecule has 1 aromatic heterocycles. The number of hydrogen-bond donors (Lipinski definition) is 1. The predicted molar refractivity (Wildman–Crippen MR) is 42.3 cm³/mol. The largest absolute Gasteiger partial charge is 0.475 e. The molecule has 1 N–H and O–H groups in total. The Labute approximate surface area is 74.6 Å². The van der Waals surface area contributed by atoms with Crippen molar-refractivity contribution < 1.29 is 9.90 Å². The van der Waals surface area contributed by atoms with E-state index in [2.05, 4.69) is 15.5 Å². The van der Waals surface area contributed by atoms with Crippen molar-refractivity contribution in [1.29, 1.82) is 0 Å². The second-order valence-electron chi connectivity index (χ2n) is 3.19. The van der Waals surface area contributed by atoms with Gasteiger partial charge in [-0.15, -0.1) is 5.10 Å². The topological polar surface area (TPSA) is 80.9 Å². The summed E-state index contributed by atoms with van der Waals surface area (Å²) < 4.78 is 1.43. The van der Waals surface area contributed by atoms with E-state index >= 15 is 0 Å². The molecular weight excluding hydrogens is 172 g/mol. The number of tetrazole rings is 1. The van der Waals surface area contributed by atoms with Crippen LogP contribution in [0.15, 0.2) is 0 Å². The first kappa shape index (κ1) is 8.15. The second-order valence-corrected chi connectivity index (χ2v) is 3.19. The molecule has 1 aliphatic carbocycles. The number of rotatable bonds is 2. The minimum absolute atomic E-state index is 0.0492. The Morgan fingerprint density at radius 3 is 2.77 bits per heavy atom. The van der Waals surface area contributed by atoms with Gasteiger partial charge in [0.2, 0.25) is 0 Å². The molecule has 1 aliphatic rings. The van der Waals surface area contributed by atoms with E-state index in [9.17, 15) is 4.79 Å². The number of hydrogen-bond acceptors (Lipinski definition) is 4. The van der Waals surface area contributed by atoms with Crippen molar-refractivity contribution in [3.63, 3.8) is 0 Å². The summed E-state index contributed by atoms with van der Waals surface area (Å²) in [6, 6.07) is 0.182. The van der Waals surface area contributed by atoms with Crippen LogP contribution in [0.25, 0.3) is 0 Å². The highest BCUT2D eigenvalue weighted by atomic mass is 16.4. The standard InChI is InChI=1S/C7H10N4O2/c12-7(13)6-8-9-10-11(6)5-3-1-2-4-5/h5H,1-4H2,(H,12,13). The molecule has 0 saturated heterocycles. The summed E-state index contributed by atoms with van der Waals surface area (Å²) in [4.78, 5) is 10.7. The maximum absolute atomic E-state index is 10.7. The molecule has 70 valence electrons. The van der Waals surface area contributed by atoms with Gasteiger partial charge in [-0.3, -0.25) is 0 Å². The van der Waals surface area contributed by atoms with Crippen LogP contribution in [0.1, 0.15) is 42.3 Å². The van der Waals surface area contributed by atoms with Crippen molar-refractivity contribution in [2.75, 3.05) is 0 Å². The average molecular weight is 182 g/mol. The third-order valence-electron chi connectivity index (χ3n) is 2.35. The lowest BCUT2D eigenvalue weighted by atomic mass is 10.2. The Morgan fingerprint density at radius 2 is 2.15 bits per heavy atom. The van der Waals surface area contributed by atoms with Crippen LogP contribution in [0.2, 0.25) is 0 Å². The summed E-state index contributed by atoms with van der Waals surface area (Å²) >= 11 is 0. The minimum atomic E-state index is -1.06. The summed E-state index contributed by atoms with van der Waals surface area (Å²) in [5.41, 5.74) is 0. The molecule has 0 radical (unpaired) electrons. The maximum atomic E-state index is 10.7. The Bertz CT molecular complexity index is 316. The molecule has 1 saturated carbocycles. The lowest BCUT2D eigenvalue weighted by Gasteiger charge is -2.08. The van der Waals surface area contributed by atoms with E-state index in [0.29, 0.717) is 0 Å². The molecule has 0 spiro atoms. The van der Waals surface area contributed by atoms with Gasteiger partial charge in [0.25, 0.3) is 5.82 Å². The third-order valence-corrected chi connectivity index (χ3v) is 2.35. The molecule has 6 heteroatoms. The van der Waals surface area contributed by atoms with Crippen molar-refractivity contribution in [2.24, 2.45) is 0 Å². The first-order valence-electron chi connectivity index (χ1n) is 4.30. The molecule has 0 aliphatic heterocycles. The van der Waals surface area contributed by atoms with Crippen LogP contribution in [0, 0.1) is 0 Å². The van der Waals surface area contributed by atoms with Gasteiger partial charge in [0.15, 0.2) is 0 Å². The van der Waals surface area contributed by atoms with Crippen molar-refractivity contribution >= 4 is 5.97 Å². The predicted octanol–water partition coefficient (Wildman–Crippen LogP) is 0.486. The molecule has 6 nitrogen and oxygen atoms in total. The van der Waals surface area contributed by atoms with Gasteiger partial charge in [-0.05, 0) is 23.3 Å². The molecule has 0 atom stereocenters. The number of carboxylic acid groups (broad SMARTS) is 1. The third kappa shape index (κ3) is 1.39. The van der Waals surface area contributed by atoms with Crippen LogP contribution in [0.5, 0.6) is 0 Å². The maximum Gasteiger partial charge on any atom is 0.375 e. The van der Waals surface area contributed by atoms with Gasteiger partial charge in [0.05, 0.1) is 6.04 Å². The Hall–Kier alpha value is -1.46. The summed E-state index contributed by atoms with van der Waals surface area (Å²) in [6.07, 6.45) is 4.21. The fourth-order valence-electron chi connectivity index (χ4n) is 1.73. The first-order chi connectivity index (χ1) is 6.29. The Morgan fingerprint density at radius 1 is 1.46 bits per heavy atom. The molecule has 1 aromatic rings. The van der Waals surface area contributed by atoms with E-state index < -0.39 is 5.97 Å². The molecule has 0 aromatic carbocycles. The van der Waals surface area contributed by atoms with Crippen LogP contribution in [0.4, 0.5) is 0 Å². The Balaban J connectivity index is 2.28. The van der Waals surface area contributed by atoms with Crippen molar-refractivity contribution in [3.8, 4) is 0 Å². The van der Waals surface area contributed by atoms with Crippen LogP contribution >= 0.6 is 0 Å². The molecule has 1 heterocycles. The zero-order valence-electron chi connectivity index (χ0n) is 7.05. The zero-order chi connectivity index (χ0) is 9.26. The van der Waals surface area contributed by atoms with Gasteiger partial charge in [0, 0.05) is 0 Å². The highest BCUT2D eigenvalue weighted by molar-refractivity contribution is 5.83. The molecule has 13 heavy (non-hydrogen) atoms. The van der Waals surface area contributed by atoms with Gasteiger partial charge in [-0.1, -0.05) is 12.8 Å². The van der Waals surface area contributed by atoms with Crippen molar-refractivity contribution in [2.45, 2.75) is 31.7 Å². The monoisotopic (exact) mass is 182 g/mol. The molecule has 1 fully saturated rings. The van der Waals surface area contributed by atoms with Crippen LogP contribution in [-0.4, -0.2) is 31.3 Å². The van der Waals surface area contributed by atoms with E-state index in [0.717, 1.165) is 25.7 Å². The fraction of sp³-hybridized carbons (Fsp3) is 0.714. The number of carbonyl (C=O) groups is 1. The SMILES string of the molecule is O=C(O)c1nnnn1C1CCCC1. The number of aromatic carboxylic acids is 1. The number of aromatic nitrogens is 4. The van der Waals surface area contributed by atoms with Gasteiger partial charge < -0.3 is 5.11 Å². The molecule has 2 rings (SSSR count). The van der Waals surface area contributed by atoms with Gasteiger partial charge >= 0.3 is 5.97 Å². The normalized spacial score (nSPS) is 17.8. The van der Waals surface area contributed by atoms with Gasteiger partial charge in [0.1, 0.15) is 0 Å². The van der Waals surface area contributed by atoms with Gasteiger partial charge in [-0.25, -0.2) is 9.48 Å². The first-order valence-corrected chi connectivity index (χ1v) is 4.30. The highest BCUT2D eigenvalue weighted by Gasteiger charge is 2.24. The highest BCUT2D eigenvalue weighted by Crippen LogP contribution is 2.28. The second kappa shape index (κ2) is 3.12. The van der Waals surface area contributed by atoms with Crippen LogP contribution in [-0.2, 0) is 0 Å². The average Bonchev–Trinajstić information content (AvgIpc) is 2.74. The van der Waals surface area contributed by atoms with E-state index in [4.69, 9.17) is 5.11 Å². The van der Waals surface area contributed by atoms with Crippen molar-refractivity contribution in [1.82, 2.24) is 20.2 Å². The minimum Gasteiger partial charge on any atom is -0.475 e. The fourth-order valence-corrected chi connectivity index (χ4v) is 1.73. The quantitative estimate of drug-likeness (QED) is 0.719. The molecule has 0 bridgehead atoms.